The summed E-state index contributed by atoms with van der Waals surface area (Å²) in [5.74, 6) is 1.17. The molecule has 3 atom stereocenters. The number of rotatable bonds is 4. The summed E-state index contributed by atoms with van der Waals surface area (Å²) in [5, 5.41) is 1.80. The van der Waals surface area contributed by atoms with Crippen molar-refractivity contribution in [3.05, 3.63) is 35.0 Å². The molecule has 4 fully saturated rings. The first-order valence-electron chi connectivity index (χ1n) is 10.1. The van der Waals surface area contributed by atoms with Crippen molar-refractivity contribution < 1.29 is 9.53 Å². The molecule has 1 aromatic carbocycles. The Morgan fingerprint density at radius 1 is 1.33 bits per heavy atom. The number of hydrogen-bond donors (Lipinski definition) is 1. The molecule has 2 saturated carbocycles. The molecule has 2 aromatic rings. The van der Waals surface area contributed by atoms with Gasteiger partial charge in [0.1, 0.15) is 0 Å². The number of carbonyl (C=O) groups is 1. The van der Waals surface area contributed by atoms with Crippen LogP contribution in [0.2, 0.25) is 5.02 Å². The van der Waals surface area contributed by atoms with E-state index in [9.17, 15) is 4.79 Å². The van der Waals surface area contributed by atoms with Crippen LogP contribution in [-0.2, 0) is 9.53 Å². The maximum Gasteiger partial charge on any atom is 0.223 e. The molecule has 1 amide bonds. The Morgan fingerprint density at radius 2 is 2.07 bits per heavy atom. The molecule has 4 nitrogen and oxygen atoms in total. The van der Waals surface area contributed by atoms with E-state index in [-0.39, 0.29) is 11.5 Å². The molecule has 1 N–H and O–H groups in total. The van der Waals surface area contributed by atoms with Crippen LogP contribution in [0, 0.1) is 5.92 Å². The van der Waals surface area contributed by atoms with Crippen LogP contribution in [-0.4, -0.2) is 40.6 Å². The molecule has 1 aromatic heterocycles. The van der Waals surface area contributed by atoms with E-state index in [2.05, 4.69) is 16.8 Å². The van der Waals surface area contributed by atoms with Crippen molar-refractivity contribution in [3.8, 4) is 0 Å². The second-order valence-corrected chi connectivity index (χ2v) is 9.36. The smallest absolute Gasteiger partial charge is 0.223 e. The summed E-state index contributed by atoms with van der Waals surface area (Å²) in [4.78, 5) is 18.8. The summed E-state index contributed by atoms with van der Waals surface area (Å²) in [6, 6.07) is 6.63. The molecule has 4 bridgehead atoms. The molecule has 2 aliphatic heterocycles. The number of H-pyrrole nitrogens is 1. The molecule has 3 unspecified atom stereocenters. The van der Waals surface area contributed by atoms with E-state index in [1.807, 2.05) is 31.5 Å². The number of nitrogens with one attached hydrogen (secondary N) is 1. The topological polar surface area (TPSA) is 45.3 Å². The third-order valence-corrected chi connectivity index (χ3v) is 7.61. The number of halogens is 1. The number of fused-ring (bicyclic) bond motifs is 1. The van der Waals surface area contributed by atoms with Gasteiger partial charge in [-0.05, 0) is 61.6 Å². The number of carbonyl (C=O) groups excluding carboxylic acids is 1. The highest BCUT2D eigenvalue weighted by Gasteiger charge is 2.55. The van der Waals surface area contributed by atoms with Crippen LogP contribution in [0.4, 0.5) is 0 Å². The second kappa shape index (κ2) is 6.25. The summed E-state index contributed by atoms with van der Waals surface area (Å²) < 4.78 is 5.92. The van der Waals surface area contributed by atoms with Crippen molar-refractivity contribution in [2.24, 2.45) is 5.92 Å². The van der Waals surface area contributed by atoms with Crippen molar-refractivity contribution >= 4 is 28.4 Å². The Balaban J connectivity index is 1.36. The van der Waals surface area contributed by atoms with Gasteiger partial charge in [-0.1, -0.05) is 24.6 Å². The number of aromatic nitrogens is 1. The van der Waals surface area contributed by atoms with Crippen molar-refractivity contribution in [1.82, 2.24) is 9.88 Å². The number of methoxy groups -OCH3 is 1. The van der Waals surface area contributed by atoms with Crippen LogP contribution in [0.1, 0.15) is 56.9 Å². The third-order valence-electron chi connectivity index (χ3n) is 7.29. The SMILES string of the molecule is COC12CC3CC(C1)N(C(=O)CC(C)c1c[nH]c4cccc(Cl)c14)C(C3)C2. The summed E-state index contributed by atoms with van der Waals surface area (Å²) >= 11 is 6.43. The number of hydrogen-bond acceptors (Lipinski definition) is 2. The van der Waals surface area contributed by atoms with Crippen LogP contribution < -0.4 is 0 Å². The highest BCUT2D eigenvalue weighted by Crippen LogP contribution is 2.53. The summed E-state index contributed by atoms with van der Waals surface area (Å²) in [6.45, 7) is 2.14. The molecule has 4 aliphatic rings. The van der Waals surface area contributed by atoms with Gasteiger partial charge in [-0.2, -0.15) is 0 Å². The zero-order valence-electron chi connectivity index (χ0n) is 16.0. The van der Waals surface area contributed by atoms with Crippen LogP contribution in [0.15, 0.2) is 24.4 Å². The Kier molecular flexibility index (Phi) is 4.07. The molecule has 5 heteroatoms. The number of piperidine rings is 2. The average molecular weight is 387 g/mol. The van der Waals surface area contributed by atoms with E-state index in [1.54, 1.807) is 0 Å². The maximum atomic E-state index is 13.3. The zero-order valence-corrected chi connectivity index (χ0v) is 16.8. The number of nitrogens with zero attached hydrogens (tertiary/aromatic N) is 1. The first kappa shape index (κ1) is 17.6. The van der Waals surface area contributed by atoms with Gasteiger partial charge in [-0.25, -0.2) is 0 Å². The Hall–Kier alpha value is -1.52. The van der Waals surface area contributed by atoms with Crippen LogP contribution in [0.5, 0.6) is 0 Å². The van der Waals surface area contributed by atoms with Crippen molar-refractivity contribution in [1.29, 1.82) is 0 Å². The fourth-order valence-electron chi connectivity index (χ4n) is 6.24. The van der Waals surface area contributed by atoms with Gasteiger partial charge in [-0.15, -0.1) is 0 Å². The van der Waals surface area contributed by atoms with E-state index in [0.717, 1.165) is 53.1 Å². The minimum Gasteiger partial charge on any atom is -0.378 e. The minimum atomic E-state index is 0.0310. The number of amides is 1. The quantitative estimate of drug-likeness (QED) is 0.814. The van der Waals surface area contributed by atoms with Gasteiger partial charge in [0.25, 0.3) is 0 Å². The summed E-state index contributed by atoms with van der Waals surface area (Å²) in [5.41, 5.74) is 2.21. The first-order valence-corrected chi connectivity index (χ1v) is 10.5. The monoisotopic (exact) mass is 386 g/mol. The van der Waals surface area contributed by atoms with E-state index in [1.165, 1.54) is 6.42 Å². The summed E-state index contributed by atoms with van der Waals surface area (Å²) in [7, 11) is 1.85. The lowest BCUT2D eigenvalue weighted by atomic mass is 9.61. The fraction of sp³-hybridized carbons (Fsp3) is 0.591. The first-order chi connectivity index (χ1) is 13.0. The molecule has 3 heterocycles. The second-order valence-electron chi connectivity index (χ2n) is 8.96. The van der Waals surface area contributed by atoms with Crippen LogP contribution in [0.3, 0.4) is 0 Å². The standard InChI is InChI=1S/C22H27ClN2O2/c1-13(17-12-24-19-5-3-4-18(23)21(17)19)6-20(26)25-15-7-14-8-16(25)11-22(9-14,10-15)27-2/h3-5,12-16,24H,6-11H2,1-2H3. The Bertz CT molecular complexity index is 876. The molecule has 6 rings (SSSR count). The van der Waals surface area contributed by atoms with E-state index >= 15 is 0 Å². The van der Waals surface area contributed by atoms with Crippen molar-refractivity contribution in [2.45, 2.75) is 69.1 Å². The lowest BCUT2D eigenvalue weighted by molar-refractivity contribution is -0.183. The molecule has 144 valence electrons. The zero-order chi connectivity index (χ0) is 18.8. The highest BCUT2D eigenvalue weighted by atomic mass is 35.5. The lowest BCUT2D eigenvalue weighted by Gasteiger charge is -2.61. The number of ether oxygens (including phenoxy) is 1. The van der Waals surface area contributed by atoms with Gasteiger partial charge >= 0.3 is 0 Å². The largest absolute Gasteiger partial charge is 0.378 e. The van der Waals surface area contributed by atoms with Gasteiger partial charge in [0.2, 0.25) is 5.91 Å². The van der Waals surface area contributed by atoms with Crippen LogP contribution in [0.25, 0.3) is 10.9 Å². The van der Waals surface area contributed by atoms with E-state index in [0.29, 0.717) is 24.4 Å². The predicted molar refractivity (Wildman–Crippen MR) is 107 cm³/mol. The number of aromatic amines is 1. The minimum absolute atomic E-state index is 0.0310. The van der Waals surface area contributed by atoms with Crippen molar-refractivity contribution in [3.63, 3.8) is 0 Å². The molecular weight excluding hydrogens is 360 g/mol. The maximum absolute atomic E-state index is 13.3. The van der Waals surface area contributed by atoms with Gasteiger partial charge in [-0.3, -0.25) is 4.79 Å². The number of benzene rings is 1. The van der Waals surface area contributed by atoms with Crippen LogP contribution >= 0.6 is 11.6 Å². The summed E-state index contributed by atoms with van der Waals surface area (Å²) in [6.07, 6.45) is 8.06. The molecular formula is C22H27ClN2O2. The van der Waals surface area contributed by atoms with Gasteiger partial charge in [0, 0.05) is 42.7 Å². The Labute approximate surface area is 165 Å². The molecule has 27 heavy (non-hydrogen) atoms. The van der Waals surface area contributed by atoms with Gasteiger partial charge in [0.15, 0.2) is 0 Å². The fourth-order valence-corrected chi connectivity index (χ4v) is 6.53. The molecule has 2 aliphatic carbocycles. The molecule has 0 spiro atoms. The lowest BCUT2D eigenvalue weighted by Crippen LogP contribution is -2.66. The van der Waals surface area contributed by atoms with E-state index < -0.39 is 0 Å². The molecule has 0 radical (unpaired) electrons. The molecule has 2 saturated heterocycles. The predicted octanol–water partition coefficient (Wildman–Crippen LogP) is 4.87. The van der Waals surface area contributed by atoms with E-state index in [4.69, 9.17) is 16.3 Å². The normalized spacial score (nSPS) is 33.0. The van der Waals surface area contributed by atoms with Crippen molar-refractivity contribution in [2.75, 3.05) is 7.11 Å². The van der Waals surface area contributed by atoms with Gasteiger partial charge < -0.3 is 14.6 Å². The third kappa shape index (κ3) is 2.72. The average Bonchev–Trinajstić information content (AvgIpc) is 3.06. The Morgan fingerprint density at radius 3 is 2.78 bits per heavy atom. The van der Waals surface area contributed by atoms with Gasteiger partial charge in [0.05, 0.1) is 10.6 Å². The highest BCUT2D eigenvalue weighted by molar-refractivity contribution is 6.35.